The lowest BCUT2D eigenvalue weighted by Gasteiger charge is -2.51. The number of nitrogens with two attached hydrogens (primary N) is 1. The molecule has 4 rings (SSSR count). The first-order valence-electron chi connectivity index (χ1n) is 11.0. The number of halogens is 3. The lowest BCUT2D eigenvalue weighted by Crippen LogP contribution is -2.70. The van der Waals surface area contributed by atoms with Crippen LogP contribution in [-0.2, 0) is 4.84 Å². The number of hydrogen-bond acceptors (Lipinski definition) is 7. The molecule has 2 aliphatic rings. The molecule has 0 aliphatic carbocycles. The van der Waals surface area contributed by atoms with Crippen LogP contribution in [0.25, 0.3) is 5.57 Å². The number of nitrogens with one attached hydrogen (secondary N) is 1. The summed E-state index contributed by atoms with van der Waals surface area (Å²) in [6, 6.07) is 4.61. The van der Waals surface area contributed by atoms with E-state index in [1.807, 2.05) is 12.2 Å². The molecule has 1 aromatic heterocycles. The monoisotopic (exact) mass is 507 g/mol. The summed E-state index contributed by atoms with van der Waals surface area (Å²) in [4.78, 5) is 12.7. The Labute approximate surface area is 208 Å². The van der Waals surface area contributed by atoms with Gasteiger partial charge in [-0.1, -0.05) is 29.3 Å². The van der Waals surface area contributed by atoms with Gasteiger partial charge in [0.2, 0.25) is 0 Å². The van der Waals surface area contributed by atoms with E-state index in [4.69, 9.17) is 38.5 Å². The average molecular weight is 508 g/mol. The number of allylic oxidation sites excluding steroid dienone is 2. The van der Waals surface area contributed by atoms with Crippen LogP contribution in [0.1, 0.15) is 31.1 Å². The average Bonchev–Trinajstić information content (AvgIpc) is 2.83. The smallest absolute Gasteiger partial charge is 0.190 e. The number of nitrogens with zero attached hydrogens (tertiary/aromatic N) is 3. The highest BCUT2D eigenvalue weighted by Gasteiger charge is 2.43. The first-order valence-corrected chi connectivity index (χ1v) is 11.8. The van der Waals surface area contributed by atoms with Crippen LogP contribution in [-0.4, -0.2) is 53.5 Å². The zero-order valence-corrected chi connectivity index (χ0v) is 20.8. The minimum atomic E-state index is -1.11. The summed E-state index contributed by atoms with van der Waals surface area (Å²) in [6.45, 7) is 6.13. The van der Waals surface area contributed by atoms with Crippen LogP contribution in [0.15, 0.2) is 48.9 Å². The zero-order chi connectivity index (χ0) is 24.5. The summed E-state index contributed by atoms with van der Waals surface area (Å²) in [7, 11) is 1.60. The number of aromatic nitrogens is 1. The largest absolute Gasteiger partial charge is 0.496 e. The molecule has 2 unspecified atom stereocenters. The Balaban J connectivity index is 1.75. The number of hydroxylamine groups is 2. The van der Waals surface area contributed by atoms with Crippen LogP contribution in [0.4, 0.5) is 4.39 Å². The molecule has 182 valence electrons. The lowest BCUT2D eigenvalue weighted by molar-refractivity contribution is -0.249. The molecular formula is C24H28Cl2FN5O2. The molecule has 7 nitrogen and oxygen atoms in total. The van der Waals surface area contributed by atoms with Crippen molar-refractivity contribution in [3.63, 3.8) is 0 Å². The van der Waals surface area contributed by atoms with Crippen molar-refractivity contribution < 1.29 is 14.0 Å². The van der Waals surface area contributed by atoms with Crippen molar-refractivity contribution >= 4 is 28.8 Å². The molecule has 0 spiro atoms. The van der Waals surface area contributed by atoms with Crippen molar-refractivity contribution in [2.75, 3.05) is 26.7 Å². The highest BCUT2D eigenvalue weighted by Crippen LogP contribution is 2.38. The molecular weight excluding hydrogens is 480 g/mol. The number of hydrogen-bond donors (Lipinski definition) is 2. The quantitative estimate of drug-likeness (QED) is 0.562. The molecule has 0 radical (unpaired) electrons. The van der Waals surface area contributed by atoms with E-state index in [1.165, 1.54) is 12.1 Å². The van der Waals surface area contributed by atoms with Gasteiger partial charge in [-0.25, -0.2) is 9.45 Å². The van der Waals surface area contributed by atoms with Gasteiger partial charge in [0.25, 0.3) is 0 Å². The summed E-state index contributed by atoms with van der Waals surface area (Å²) >= 11 is 12.6. The normalized spacial score (nSPS) is 24.1. The Morgan fingerprint density at radius 2 is 2.12 bits per heavy atom. The minimum Gasteiger partial charge on any atom is -0.496 e. The van der Waals surface area contributed by atoms with Crippen molar-refractivity contribution in [1.29, 1.82) is 0 Å². The second-order valence-corrected chi connectivity index (χ2v) is 9.14. The second kappa shape index (κ2) is 10.2. The van der Waals surface area contributed by atoms with Crippen LogP contribution in [0.3, 0.4) is 0 Å². The van der Waals surface area contributed by atoms with Gasteiger partial charge >= 0.3 is 0 Å². The van der Waals surface area contributed by atoms with Crippen molar-refractivity contribution in [2.45, 2.75) is 31.8 Å². The van der Waals surface area contributed by atoms with Crippen LogP contribution in [0.2, 0.25) is 10.0 Å². The molecule has 3 heterocycles. The van der Waals surface area contributed by atoms with Gasteiger partial charge in [0, 0.05) is 66.0 Å². The van der Waals surface area contributed by atoms with Gasteiger partial charge in [-0.15, -0.1) is 0 Å². The Morgan fingerprint density at radius 3 is 2.85 bits per heavy atom. The molecule has 34 heavy (non-hydrogen) atoms. The highest BCUT2D eigenvalue weighted by atomic mass is 35.5. The SMILES string of the molecule is COc1ccncc1C1=CN(OC(C)c2c(Cl)ccc(F)c2Cl)C(N)(N2CCNC[C@@H]2C)C=C1. The van der Waals surface area contributed by atoms with Crippen molar-refractivity contribution in [1.82, 2.24) is 20.3 Å². The van der Waals surface area contributed by atoms with Gasteiger partial charge < -0.3 is 10.1 Å². The Kier molecular flexibility index (Phi) is 7.47. The fraction of sp³-hybridized carbons (Fsp3) is 0.375. The molecule has 3 N–H and O–H groups in total. The fourth-order valence-electron chi connectivity index (χ4n) is 4.34. The predicted octanol–water partition coefficient (Wildman–Crippen LogP) is 4.35. The topological polar surface area (TPSA) is 75.9 Å². The molecule has 2 aliphatic heterocycles. The third-order valence-corrected chi connectivity index (χ3v) is 6.86. The van der Waals surface area contributed by atoms with Gasteiger partial charge in [-0.2, -0.15) is 0 Å². The highest BCUT2D eigenvalue weighted by molar-refractivity contribution is 6.36. The zero-order valence-electron chi connectivity index (χ0n) is 19.3. The Bertz CT molecular complexity index is 1110. The van der Waals surface area contributed by atoms with Gasteiger partial charge in [-0.05, 0) is 38.1 Å². The second-order valence-electron chi connectivity index (χ2n) is 8.35. The minimum absolute atomic E-state index is 0.0798. The maximum Gasteiger partial charge on any atom is 0.190 e. The number of piperazine rings is 1. The number of pyridine rings is 1. The summed E-state index contributed by atoms with van der Waals surface area (Å²) in [5, 5.41) is 5.19. The number of ether oxygens (including phenoxy) is 1. The lowest BCUT2D eigenvalue weighted by atomic mass is 10.0. The van der Waals surface area contributed by atoms with Crippen LogP contribution in [0.5, 0.6) is 5.75 Å². The maximum absolute atomic E-state index is 14.2. The van der Waals surface area contributed by atoms with Gasteiger partial charge in [0.1, 0.15) is 17.7 Å². The predicted molar refractivity (Wildman–Crippen MR) is 132 cm³/mol. The Hall–Kier alpha value is -2.20. The molecule has 3 atom stereocenters. The molecule has 0 bridgehead atoms. The van der Waals surface area contributed by atoms with Crippen molar-refractivity contribution in [3.8, 4) is 5.75 Å². The first kappa shape index (κ1) is 24.9. The maximum atomic E-state index is 14.2. The van der Waals surface area contributed by atoms with E-state index in [0.717, 1.165) is 24.2 Å². The molecule has 2 aromatic rings. The van der Waals surface area contributed by atoms with E-state index in [0.29, 0.717) is 22.9 Å². The molecule has 1 aromatic carbocycles. The van der Waals surface area contributed by atoms with E-state index in [1.54, 1.807) is 43.8 Å². The standard InChI is InChI=1S/C24H28Cl2FN5O2/c1-15-12-30-10-11-31(15)24(28)8-6-17(18-13-29-9-7-21(18)33-3)14-32(24)34-16(2)22-19(25)4-5-20(27)23(22)26/h4-9,13-16,30H,10-12,28H2,1-3H3/t15-,16?,24?/m0/s1. The Morgan fingerprint density at radius 1 is 1.32 bits per heavy atom. The van der Waals surface area contributed by atoms with Crippen LogP contribution in [0, 0.1) is 5.82 Å². The number of rotatable bonds is 6. The summed E-state index contributed by atoms with van der Waals surface area (Å²) < 4.78 is 19.7. The van der Waals surface area contributed by atoms with E-state index in [2.05, 4.69) is 22.1 Å². The van der Waals surface area contributed by atoms with Crippen molar-refractivity contribution in [2.24, 2.45) is 5.73 Å². The van der Waals surface area contributed by atoms with Gasteiger partial charge in [0.05, 0.1) is 12.1 Å². The van der Waals surface area contributed by atoms with E-state index in [-0.39, 0.29) is 11.1 Å². The van der Waals surface area contributed by atoms with E-state index >= 15 is 0 Å². The summed E-state index contributed by atoms with van der Waals surface area (Å²) in [5.74, 6) is -1.02. The van der Waals surface area contributed by atoms with Crippen LogP contribution < -0.4 is 15.8 Å². The summed E-state index contributed by atoms with van der Waals surface area (Å²) in [6.07, 6.45) is 8.30. The molecule has 0 amide bonds. The first-order chi connectivity index (χ1) is 16.3. The molecule has 1 saturated heterocycles. The van der Waals surface area contributed by atoms with Gasteiger partial charge in [0.15, 0.2) is 5.79 Å². The fourth-order valence-corrected chi connectivity index (χ4v) is 5.02. The molecule has 1 fully saturated rings. The van der Waals surface area contributed by atoms with Crippen molar-refractivity contribution in [3.05, 3.63) is 75.9 Å². The number of methoxy groups -OCH3 is 1. The molecule has 0 saturated carbocycles. The third-order valence-electron chi connectivity index (χ3n) is 6.15. The number of benzene rings is 1. The van der Waals surface area contributed by atoms with E-state index < -0.39 is 17.7 Å². The third kappa shape index (κ3) is 4.66. The van der Waals surface area contributed by atoms with E-state index in [9.17, 15) is 4.39 Å². The van der Waals surface area contributed by atoms with Crippen LogP contribution >= 0.6 is 23.2 Å². The summed E-state index contributed by atoms with van der Waals surface area (Å²) in [5.41, 5.74) is 8.91. The van der Waals surface area contributed by atoms with Gasteiger partial charge in [-0.3, -0.25) is 20.5 Å². The molecule has 10 heteroatoms.